The molecule has 0 fully saturated rings. The zero-order valence-electron chi connectivity index (χ0n) is 17.6. The molecule has 0 aliphatic heterocycles. The van der Waals surface area contributed by atoms with E-state index < -0.39 is 5.60 Å². The van der Waals surface area contributed by atoms with Crippen molar-refractivity contribution < 1.29 is 14.3 Å². The first-order valence-electron chi connectivity index (χ1n) is 9.94. The third-order valence-electron chi connectivity index (χ3n) is 4.33. The molecular formula is C22H37NO3. The molecule has 0 spiro atoms. The number of hydrogen-bond acceptors (Lipinski definition) is 3. The number of hydrogen-bond donors (Lipinski definition) is 1. The molecule has 1 N–H and O–H groups in total. The van der Waals surface area contributed by atoms with Gasteiger partial charge < -0.3 is 14.8 Å². The topological polar surface area (TPSA) is 47.6 Å². The van der Waals surface area contributed by atoms with Crippen molar-refractivity contribution >= 4 is 11.6 Å². The highest BCUT2D eigenvalue weighted by Crippen LogP contribution is 2.31. The second-order valence-corrected chi connectivity index (χ2v) is 7.94. The van der Waals surface area contributed by atoms with Crippen LogP contribution in [0.3, 0.4) is 0 Å². The van der Waals surface area contributed by atoms with Crippen molar-refractivity contribution in [2.24, 2.45) is 11.8 Å². The van der Waals surface area contributed by atoms with Gasteiger partial charge in [0, 0.05) is 12.3 Å². The van der Waals surface area contributed by atoms with Crippen LogP contribution in [0, 0.1) is 11.8 Å². The van der Waals surface area contributed by atoms with Crippen molar-refractivity contribution in [3.8, 4) is 5.75 Å². The van der Waals surface area contributed by atoms with Gasteiger partial charge in [-0.05, 0) is 69.2 Å². The third-order valence-corrected chi connectivity index (χ3v) is 4.33. The van der Waals surface area contributed by atoms with Crippen molar-refractivity contribution in [2.45, 2.75) is 79.4 Å². The minimum atomic E-state index is -0.789. The highest BCUT2D eigenvalue weighted by molar-refractivity contribution is 5.97. The Labute approximate surface area is 159 Å². The number of nitrogens with one attached hydrogen (secondary N) is 1. The number of rotatable bonds is 11. The van der Waals surface area contributed by atoms with E-state index in [-0.39, 0.29) is 12.0 Å². The molecule has 1 aromatic carbocycles. The molecular weight excluding hydrogens is 326 g/mol. The summed E-state index contributed by atoms with van der Waals surface area (Å²) in [5, 5.41) is 3.05. The lowest BCUT2D eigenvalue weighted by molar-refractivity contribution is -0.146. The number of anilines is 1. The molecule has 0 radical (unpaired) electrons. The second kappa shape index (κ2) is 10.6. The standard InChI is InChI=1S/C22H37NO3/c1-8-18(7)26-20-12-10-19(11-13-20)23-21(24)22(25-9-2,14-16(3)4)15-17(5)6/h10-13,16-18H,8-9,14-15H2,1-7H3,(H,23,24). The molecule has 0 heterocycles. The Balaban J connectivity index is 2.93. The molecule has 148 valence electrons. The van der Waals surface area contributed by atoms with E-state index in [0.717, 1.165) is 17.9 Å². The van der Waals surface area contributed by atoms with Crippen LogP contribution >= 0.6 is 0 Å². The Kier molecular flexibility index (Phi) is 9.14. The highest BCUT2D eigenvalue weighted by Gasteiger charge is 2.40. The molecule has 0 aliphatic rings. The van der Waals surface area contributed by atoms with E-state index in [9.17, 15) is 4.79 Å². The van der Waals surface area contributed by atoms with Crippen molar-refractivity contribution in [2.75, 3.05) is 11.9 Å². The lowest BCUT2D eigenvalue weighted by Crippen LogP contribution is -2.47. The van der Waals surface area contributed by atoms with E-state index in [2.05, 4.69) is 39.9 Å². The summed E-state index contributed by atoms with van der Waals surface area (Å²) in [5.74, 6) is 1.50. The molecule has 1 aromatic rings. The minimum Gasteiger partial charge on any atom is -0.491 e. The average molecular weight is 364 g/mol. The maximum absolute atomic E-state index is 13.1. The highest BCUT2D eigenvalue weighted by atomic mass is 16.5. The number of amides is 1. The number of carbonyl (C=O) groups excluding carboxylic acids is 1. The maximum Gasteiger partial charge on any atom is 0.256 e. The van der Waals surface area contributed by atoms with E-state index in [1.54, 1.807) is 0 Å². The predicted octanol–water partition coefficient (Wildman–Crippen LogP) is 5.67. The predicted molar refractivity (Wildman–Crippen MR) is 109 cm³/mol. The fourth-order valence-corrected chi connectivity index (χ4v) is 3.22. The van der Waals surface area contributed by atoms with Crippen LogP contribution in [0.1, 0.15) is 67.7 Å². The van der Waals surface area contributed by atoms with E-state index in [1.165, 1.54) is 0 Å². The van der Waals surface area contributed by atoms with Crippen LogP contribution in [-0.4, -0.2) is 24.2 Å². The van der Waals surface area contributed by atoms with Crippen molar-refractivity contribution in [1.29, 1.82) is 0 Å². The van der Waals surface area contributed by atoms with Crippen molar-refractivity contribution in [3.63, 3.8) is 0 Å². The number of ether oxygens (including phenoxy) is 2. The fraction of sp³-hybridized carbons (Fsp3) is 0.682. The Hall–Kier alpha value is -1.55. The van der Waals surface area contributed by atoms with Crippen molar-refractivity contribution in [1.82, 2.24) is 0 Å². The number of carbonyl (C=O) groups is 1. The molecule has 4 nitrogen and oxygen atoms in total. The summed E-state index contributed by atoms with van der Waals surface area (Å²) in [7, 11) is 0. The van der Waals surface area contributed by atoms with Crippen LogP contribution in [-0.2, 0) is 9.53 Å². The minimum absolute atomic E-state index is 0.0580. The second-order valence-electron chi connectivity index (χ2n) is 7.94. The Bertz CT molecular complexity index is 527. The lowest BCUT2D eigenvalue weighted by atomic mass is 9.83. The summed E-state index contributed by atoms with van der Waals surface area (Å²) in [6, 6.07) is 7.57. The molecule has 26 heavy (non-hydrogen) atoms. The van der Waals surface area contributed by atoms with Crippen LogP contribution in [0.25, 0.3) is 0 Å². The van der Waals surface area contributed by atoms with Gasteiger partial charge in [0.1, 0.15) is 11.4 Å². The van der Waals surface area contributed by atoms with Gasteiger partial charge in [-0.15, -0.1) is 0 Å². The molecule has 4 heteroatoms. The van der Waals surface area contributed by atoms with Crippen LogP contribution in [0.5, 0.6) is 5.75 Å². The van der Waals surface area contributed by atoms with Gasteiger partial charge in [-0.2, -0.15) is 0 Å². The first kappa shape index (κ1) is 22.5. The third kappa shape index (κ3) is 6.99. The quantitative estimate of drug-likeness (QED) is 0.551. The summed E-state index contributed by atoms with van der Waals surface area (Å²) in [6.45, 7) is 15.1. The van der Waals surface area contributed by atoms with Crippen LogP contribution in [0.2, 0.25) is 0 Å². The molecule has 1 atom stereocenters. The first-order chi connectivity index (χ1) is 12.2. The summed E-state index contributed by atoms with van der Waals surface area (Å²) < 4.78 is 11.8. The Morgan fingerprint density at radius 3 is 1.96 bits per heavy atom. The summed E-state index contributed by atoms with van der Waals surface area (Å²) >= 11 is 0. The van der Waals surface area contributed by atoms with Gasteiger partial charge in [0.25, 0.3) is 5.91 Å². The van der Waals surface area contributed by atoms with Gasteiger partial charge >= 0.3 is 0 Å². The van der Waals surface area contributed by atoms with Gasteiger partial charge in [0.15, 0.2) is 0 Å². The zero-order valence-corrected chi connectivity index (χ0v) is 17.6. The number of benzene rings is 1. The first-order valence-corrected chi connectivity index (χ1v) is 9.94. The maximum atomic E-state index is 13.1. The molecule has 0 bridgehead atoms. The van der Waals surface area contributed by atoms with E-state index in [0.29, 0.717) is 31.3 Å². The Morgan fingerprint density at radius 2 is 1.54 bits per heavy atom. The molecule has 1 amide bonds. The normalized spacial score (nSPS) is 13.1. The van der Waals surface area contributed by atoms with Crippen molar-refractivity contribution in [3.05, 3.63) is 24.3 Å². The molecule has 0 aliphatic carbocycles. The summed E-state index contributed by atoms with van der Waals surface area (Å²) in [6.07, 6.45) is 2.55. The molecule has 1 rings (SSSR count). The van der Waals surface area contributed by atoms with E-state index >= 15 is 0 Å². The van der Waals surface area contributed by atoms with Gasteiger partial charge in [-0.3, -0.25) is 4.79 Å². The average Bonchev–Trinajstić information content (AvgIpc) is 2.55. The molecule has 0 saturated carbocycles. The molecule has 0 aromatic heterocycles. The zero-order chi connectivity index (χ0) is 19.7. The van der Waals surface area contributed by atoms with Gasteiger partial charge in [-0.25, -0.2) is 0 Å². The molecule has 0 saturated heterocycles. The van der Waals surface area contributed by atoms with Gasteiger partial charge in [-0.1, -0.05) is 34.6 Å². The Morgan fingerprint density at radius 1 is 1.00 bits per heavy atom. The summed E-state index contributed by atoms with van der Waals surface area (Å²) in [5.41, 5.74) is -0.0220. The van der Waals surface area contributed by atoms with Crippen LogP contribution < -0.4 is 10.1 Å². The van der Waals surface area contributed by atoms with Crippen LogP contribution in [0.15, 0.2) is 24.3 Å². The van der Waals surface area contributed by atoms with Gasteiger partial charge in [0.05, 0.1) is 6.10 Å². The lowest BCUT2D eigenvalue weighted by Gasteiger charge is -2.35. The monoisotopic (exact) mass is 363 g/mol. The van der Waals surface area contributed by atoms with Crippen LogP contribution in [0.4, 0.5) is 5.69 Å². The molecule has 1 unspecified atom stereocenters. The fourth-order valence-electron chi connectivity index (χ4n) is 3.22. The summed E-state index contributed by atoms with van der Waals surface area (Å²) in [4.78, 5) is 13.1. The SMILES string of the molecule is CCOC(CC(C)C)(CC(C)C)C(=O)Nc1ccc(OC(C)CC)cc1. The smallest absolute Gasteiger partial charge is 0.256 e. The van der Waals surface area contributed by atoms with E-state index in [1.807, 2.05) is 38.1 Å². The van der Waals surface area contributed by atoms with Gasteiger partial charge in [0.2, 0.25) is 0 Å². The van der Waals surface area contributed by atoms with E-state index in [4.69, 9.17) is 9.47 Å². The largest absolute Gasteiger partial charge is 0.491 e.